The molecule has 0 bridgehead atoms. The number of benzene rings is 1. The fourth-order valence-electron chi connectivity index (χ4n) is 1.37. The summed E-state index contributed by atoms with van der Waals surface area (Å²) in [4.78, 5) is 43.2. The highest BCUT2D eigenvalue weighted by molar-refractivity contribution is 6.47. The molecule has 0 aliphatic heterocycles. The third kappa shape index (κ3) is 3.32. The van der Waals surface area contributed by atoms with Gasteiger partial charge in [0.05, 0.1) is 16.1 Å². The van der Waals surface area contributed by atoms with Crippen LogP contribution >= 0.6 is 0 Å². The predicted molar refractivity (Wildman–Crippen MR) is 64.4 cm³/mol. The van der Waals surface area contributed by atoms with E-state index in [-0.39, 0.29) is 11.3 Å². The number of hydrogen-bond acceptors (Lipinski definition) is 5. The molecule has 0 aromatic heterocycles. The average Bonchev–Trinajstić information content (AvgIpc) is 2.34. The lowest BCUT2D eigenvalue weighted by Gasteiger charge is -2.00. The van der Waals surface area contributed by atoms with Gasteiger partial charge in [0, 0.05) is 6.07 Å². The van der Waals surface area contributed by atoms with E-state index in [1.54, 1.807) is 0 Å². The molecule has 0 spiro atoms. The van der Waals surface area contributed by atoms with Crippen LogP contribution in [0, 0.1) is 10.1 Å². The Kier molecular flexibility index (Phi) is 4.25. The number of hydrogen-bond donors (Lipinski definition) is 1. The summed E-state index contributed by atoms with van der Waals surface area (Å²) >= 11 is 0. The van der Waals surface area contributed by atoms with E-state index in [2.05, 4.69) is 0 Å². The maximum atomic E-state index is 11.3. The molecule has 1 N–H and O–H groups in total. The highest BCUT2D eigenvalue weighted by atomic mass is 16.6. The zero-order chi connectivity index (χ0) is 14.6. The highest BCUT2D eigenvalue weighted by Gasteiger charge is 2.23. The Morgan fingerprint density at radius 2 is 1.84 bits per heavy atom. The minimum atomic E-state index is -1.79. The molecule has 0 fully saturated rings. The molecule has 98 valence electrons. The summed E-state index contributed by atoms with van der Waals surface area (Å²) < 4.78 is 0. The molecule has 0 aliphatic carbocycles. The van der Waals surface area contributed by atoms with Gasteiger partial charge in [0.25, 0.3) is 11.5 Å². The van der Waals surface area contributed by atoms with Crippen LogP contribution < -0.4 is 0 Å². The van der Waals surface area contributed by atoms with Crippen molar-refractivity contribution in [2.24, 2.45) is 0 Å². The molecule has 7 nitrogen and oxygen atoms in total. The van der Waals surface area contributed by atoms with Gasteiger partial charge in [-0.25, -0.2) is 4.79 Å². The van der Waals surface area contributed by atoms with Crippen molar-refractivity contribution < 1.29 is 24.4 Å². The van der Waals surface area contributed by atoms with Crippen molar-refractivity contribution in [3.63, 3.8) is 0 Å². The Morgan fingerprint density at radius 1 is 1.26 bits per heavy atom. The van der Waals surface area contributed by atoms with Crippen molar-refractivity contribution in [3.05, 3.63) is 45.5 Å². The van der Waals surface area contributed by atoms with Gasteiger partial charge in [0.1, 0.15) is 0 Å². The number of Topliss-reactive ketones (excluding diaryl/α,β-unsaturated/α-hetero) is 2. The molecule has 0 atom stereocenters. The molecule has 1 aromatic rings. The Hall–Kier alpha value is -2.83. The van der Waals surface area contributed by atoms with E-state index in [9.17, 15) is 24.5 Å². The normalized spacial score (nSPS) is 10.9. The van der Waals surface area contributed by atoms with E-state index in [0.29, 0.717) is 0 Å². The highest BCUT2D eigenvalue weighted by Crippen LogP contribution is 2.21. The lowest BCUT2D eigenvalue weighted by atomic mass is 10.0. The van der Waals surface area contributed by atoms with Gasteiger partial charge in [0.2, 0.25) is 0 Å². The smallest absolute Gasteiger partial charge is 0.377 e. The minimum Gasteiger partial charge on any atom is -0.475 e. The predicted octanol–water partition coefficient (Wildman–Crippen LogP) is 1.22. The van der Waals surface area contributed by atoms with Crippen LogP contribution in [0.4, 0.5) is 5.69 Å². The summed E-state index contributed by atoms with van der Waals surface area (Å²) in [6, 6.07) is 5.40. The van der Waals surface area contributed by atoms with Gasteiger partial charge in [0.15, 0.2) is 5.78 Å². The second kappa shape index (κ2) is 5.67. The van der Waals surface area contributed by atoms with Crippen LogP contribution in [0.1, 0.15) is 12.5 Å². The summed E-state index contributed by atoms with van der Waals surface area (Å²) in [5.74, 6) is -3.96. The van der Waals surface area contributed by atoms with Crippen LogP contribution in [0.3, 0.4) is 0 Å². The number of nitrogens with zero attached hydrogens (tertiary/aromatic N) is 1. The molecule has 0 heterocycles. The minimum absolute atomic E-state index is 0.00713. The molecule has 0 amide bonds. The van der Waals surface area contributed by atoms with Crippen molar-refractivity contribution in [2.75, 3.05) is 0 Å². The van der Waals surface area contributed by atoms with E-state index >= 15 is 0 Å². The summed E-state index contributed by atoms with van der Waals surface area (Å²) in [5.41, 5.74) is -0.937. The molecule has 1 rings (SSSR count). The molecule has 0 aliphatic rings. The fourth-order valence-corrected chi connectivity index (χ4v) is 1.37. The van der Waals surface area contributed by atoms with E-state index in [1.165, 1.54) is 24.3 Å². The topological polar surface area (TPSA) is 115 Å². The van der Waals surface area contributed by atoms with E-state index < -0.39 is 28.0 Å². The van der Waals surface area contributed by atoms with E-state index in [4.69, 9.17) is 5.11 Å². The zero-order valence-corrected chi connectivity index (χ0v) is 9.82. The molecular weight excluding hydrogens is 254 g/mol. The third-order valence-electron chi connectivity index (χ3n) is 2.25. The lowest BCUT2D eigenvalue weighted by Crippen LogP contribution is -2.19. The van der Waals surface area contributed by atoms with Gasteiger partial charge in [-0.1, -0.05) is 12.1 Å². The number of carboxylic acids is 1. The van der Waals surface area contributed by atoms with Gasteiger partial charge in [-0.05, 0) is 19.1 Å². The number of para-hydroxylation sites is 1. The van der Waals surface area contributed by atoms with E-state index in [1.807, 2.05) is 0 Å². The van der Waals surface area contributed by atoms with Gasteiger partial charge >= 0.3 is 5.97 Å². The van der Waals surface area contributed by atoms with Crippen LogP contribution in [0.25, 0.3) is 6.08 Å². The Morgan fingerprint density at radius 3 is 2.32 bits per heavy atom. The number of carbonyl (C=O) groups is 3. The summed E-state index contributed by atoms with van der Waals surface area (Å²) in [5, 5.41) is 19.3. The first kappa shape index (κ1) is 14.2. The monoisotopic (exact) mass is 263 g/mol. The first-order valence-electron chi connectivity index (χ1n) is 5.08. The zero-order valence-electron chi connectivity index (χ0n) is 9.82. The number of nitro benzene ring substituents is 1. The van der Waals surface area contributed by atoms with Crippen molar-refractivity contribution in [1.29, 1.82) is 0 Å². The lowest BCUT2D eigenvalue weighted by molar-refractivity contribution is -0.385. The largest absolute Gasteiger partial charge is 0.475 e. The number of carbonyl (C=O) groups excluding carboxylic acids is 2. The summed E-state index contributed by atoms with van der Waals surface area (Å²) in [7, 11) is 0. The van der Waals surface area contributed by atoms with Crippen molar-refractivity contribution in [3.8, 4) is 0 Å². The van der Waals surface area contributed by atoms with Gasteiger partial charge in [-0.2, -0.15) is 0 Å². The Bertz CT molecular complexity index is 602. The number of ketones is 2. The standard InChI is InChI=1S/C12H9NO6/c1-7(14)9(11(15)12(16)17)6-8-4-2-3-5-10(8)13(18)19/h2-6H,1H3,(H,16,17). The van der Waals surface area contributed by atoms with E-state index in [0.717, 1.165) is 13.0 Å². The van der Waals surface area contributed by atoms with Crippen LogP contribution in [0.5, 0.6) is 0 Å². The second-order valence-corrected chi connectivity index (χ2v) is 3.56. The van der Waals surface area contributed by atoms with Gasteiger partial charge in [-0.3, -0.25) is 19.7 Å². The first-order chi connectivity index (χ1) is 8.84. The average molecular weight is 263 g/mol. The fraction of sp³-hybridized carbons (Fsp3) is 0.0833. The molecular formula is C12H9NO6. The van der Waals surface area contributed by atoms with Crippen molar-refractivity contribution in [2.45, 2.75) is 6.92 Å². The van der Waals surface area contributed by atoms with Crippen molar-refractivity contribution >= 4 is 29.3 Å². The number of rotatable bonds is 5. The number of carboxylic acid groups (broad SMARTS) is 1. The molecule has 0 saturated heterocycles. The maximum Gasteiger partial charge on any atom is 0.377 e. The summed E-state index contributed by atoms with van der Waals surface area (Å²) in [6.07, 6.45) is 0.914. The molecule has 0 saturated carbocycles. The molecule has 0 radical (unpaired) electrons. The molecule has 0 unspecified atom stereocenters. The van der Waals surface area contributed by atoms with Crippen LogP contribution in [0.15, 0.2) is 29.8 Å². The SMILES string of the molecule is CC(=O)C(=Cc1ccccc1[N+](=O)[O-])C(=O)C(=O)O. The Labute approximate surface area is 107 Å². The molecule has 19 heavy (non-hydrogen) atoms. The number of nitro groups is 1. The number of aliphatic carboxylic acids is 1. The maximum absolute atomic E-state index is 11.3. The molecule has 1 aromatic carbocycles. The second-order valence-electron chi connectivity index (χ2n) is 3.56. The quantitative estimate of drug-likeness (QED) is 0.213. The van der Waals surface area contributed by atoms with Crippen LogP contribution in [-0.4, -0.2) is 27.6 Å². The van der Waals surface area contributed by atoms with Gasteiger partial charge in [-0.15, -0.1) is 0 Å². The molecule has 7 heteroatoms. The van der Waals surface area contributed by atoms with Crippen LogP contribution in [-0.2, 0) is 14.4 Å². The summed E-state index contributed by atoms with van der Waals surface area (Å²) in [6.45, 7) is 1.02. The first-order valence-corrected chi connectivity index (χ1v) is 5.08. The van der Waals surface area contributed by atoms with Crippen LogP contribution in [0.2, 0.25) is 0 Å². The third-order valence-corrected chi connectivity index (χ3v) is 2.25. The Balaban J connectivity index is 3.39. The van der Waals surface area contributed by atoms with Gasteiger partial charge < -0.3 is 5.11 Å². The van der Waals surface area contributed by atoms with Crippen molar-refractivity contribution in [1.82, 2.24) is 0 Å².